The third kappa shape index (κ3) is 3.11. The standard InChI is InChI=1S/C15H14ClNO/c1-11-7-9-12(10-8-11)14(16)15(18)17-13-5-3-2-4-6-13/h2-10,14H,1H3,(H,17,18)/t14-/m0/s1. The normalized spacial score (nSPS) is 11.9. The minimum absolute atomic E-state index is 0.216. The maximum absolute atomic E-state index is 12.0. The van der Waals surface area contributed by atoms with Gasteiger partial charge in [-0.25, -0.2) is 0 Å². The second kappa shape index (κ2) is 5.69. The molecule has 0 aromatic heterocycles. The van der Waals surface area contributed by atoms with E-state index in [4.69, 9.17) is 11.6 Å². The fraction of sp³-hybridized carbons (Fsp3) is 0.133. The highest BCUT2D eigenvalue weighted by molar-refractivity contribution is 6.32. The molecule has 3 heteroatoms. The monoisotopic (exact) mass is 259 g/mol. The van der Waals surface area contributed by atoms with E-state index in [-0.39, 0.29) is 5.91 Å². The fourth-order valence-corrected chi connectivity index (χ4v) is 1.81. The van der Waals surface area contributed by atoms with Gasteiger partial charge in [-0.3, -0.25) is 4.79 Å². The lowest BCUT2D eigenvalue weighted by molar-refractivity contribution is -0.116. The first-order valence-corrected chi connectivity index (χ1v) is 6.17. The smallest absolute Gasteiger partial charge is 0.246 e. The van der Waals surface area contributed by atoms with E-state index in [1.165, 1.54) is 0 Å². The lowest BCUT2D eigenvalue weighted by atomic mass is 10.1. The molecule has 0 bridgehead atoms. The summed E-state index contributed by atoms with van der Waals surface area (Å²) in [6, 6.07) is 16.9. The van der Waals surface area contributed by atoms with Crippen molar-refractivity contribution < 1.29 is 4.79 Å². The molecule has 0 radical (unpaired) electrons. The van der Waals surface area contributed by atoms with Crippen LogP contribution in [0.25, 0.3) is 0 Å². The number of benzene rings is 2. The van der Waals surface area contributed by atoms with Crippen LogP contribution in [0.2, 0.25) is 0 Å². The summed E-state index contributed by atoms with van der Waals surface area (Å²) in [5.74, 6) is -0.216. The van der Waals surface area contributed by atoms with E-state index in [2.05, 4.69) is 5.32 Å². The van der Waals surface area contributed by atoms with Crippen LogP contribution in [0.15, 0.2) is 54.6 Å². The molecule has 1 atom stereocenters. The van der Waals surface area contributed by atoms with E-state index in [0.717, 1.165) is 16.8 Å². The van der Waals surface area contributed by atoms with Gasteiger partial charge >= 0.3 is 0 Å². The van der Waals surface area contributed by atoms with E-state index < -0.39 is 5.38 Å². The first-order chi connectivity index (χ1) is 8.66. The summed E-state index contributed by atoms with van der Waals surface area (Å²) >= 11 is 6.15. The molecule has 92 valence electrons. The van der Waals surface area contributed by atoms with Gasteiger partial charge < -0.3 is 5.32 Å². The molecule has 0 heterocycles. The Kier molecular flexibility index (Phi) is 4.00. The highest BCUT2D eigenvalue weighted by Crippen LogP contribution is 2.22. The molecule has 2 nitrogen and oxygen atoms in total. The third-order valence-corrected chi connectivity index (χ3v) is 3.09. The van der Waals surface area contributed by atoms with Crippen LogP contribution in [0.5, 0.6) is 0 Å². The molecule has 0 saturated carbocycles. The van der Waals surface area contributed by atoms with Crippen molar-refractivity contribution in [1.82, 2.24) is 0 Å². The Morgan fingerprint density at radius 3 is 2.28 bits per heavy atom. The molecule has 18 heavy (non-hydrogen) atoms. The number of rotatable bonds is 3. The van der Waals surface area contributed by atoms with Gasteiger partial charge in [-0.2, -0.15) is 0 Å². The summed E-state index contributed by atoms with van der Waals surface area (Å²) in [5.41, 5.74) is 2.70. The maximum Gasteiger partial charge on any atom is 0.246 e. The van der Waals surface area contributed by atoms with Gasteiger partial charge in [0.05, 0.1) is 0 Å². The Labute approximate surface area is 112 Å². The average Bonchev–Trinajstić information content (AvgIpc) is 2.40. The zero-order valence-corrected chi connectivity index (χ0v) is 10.8. The van der Waals surface area contributed by atoms with Crippen molar-refractivity contribution in [1.29, 1.82) is 0 Å². The van der Waals surface area contributed by atoms with Crippen LogP contribution in [0.1, 0.15) is 16.5 Å². The van der Waals surface area contributed by atoms with Crippen molar-refractivity contribution in [3.63, 3.8) is 0 Å². The number of hydrogen-bond donors (Lipinski definition) is 1. The number of alkyl halides is 1. The lowest BCUT2D eigenvalue weighted by Crippen LogP contribution is -2.17. The van der Waals surface area contributed by atoms with Crippen LogP contribution in [0, 0.1) is 6.92 Å². The number of nitrogens with one attached hydrogen (secondary N) is 1. The van der Waals surface area contributed by atoms with E-state index in [0.29, 0.717) is 0 Å². The first-order valence-electron chi connectivity index (χ1n) is 5.73. The quantitative estimate of drug-likeness (QED) is 0.832. The maximum atomic E-state index is 12.0. The molecule has 2 rings (SSSR count). The van der Waals surface area contributed by atoms with Crippen molar-refractivity contribution in [2.45, 2.75) is 12.3 Å². The van der Waals surface area contributed by atoms with Gasteiger partial charge in [0.2, 0.25) is 5.91 Å². The number of aryl methyl sites for hydroxylation is 1. The number of carbonyl (C=O) groups is 1. The van der Waals surface area contributed by atoms with Crippen molar-refractivity contribution >= 4 is 23.2 Å². The van der Waals surface area contributed by atoms with E-state index in [9.17, 15) is 4.79 Å². The number of para-hydroxylation sites is 1. The molecular formula is C15H14ClNO. The summed E-state index contributed by atoms with van der Waals surface area (Å²) < 4.78 is 0. The molecule has 1 N–H and O–H groups in total. The predicted molar refractivity (Wildman–Crippen MR) is 74.8 cm³/mol. The molecule has 0 fully saturated rings. The van der Waals surface area contributed by atoms with Crippen LogP contribution in [0.3, 0.4) is 0 Å². The summed E-state index contributed by atoms with van der Waals surface area (Å²) in [5, 5.41) is 2.11. The van der Waals surface area contributed by atoms with Gasteiger partial charge in [0.1, 0.15) is 5.38 Å². The molecule has 0 saturated heterocycles. The van der Waals surface area contributed by atoms with Gasteiger partial charge in [-0.15, -0.1) is 11.6 Å². The second-order valence-electron chi connectivity index (χ2n) is 4.13. The van der Waals surface area contributed by atoms with Crippen LogP contribution in [-0.2, 0) is 4.79 Å². The molecule has 1 amide bonds. The van der Waals surface area contributed by atoms with E-state index in [1.807, 2.05) is 61.5 Å². The predicted octanol–water partition coefficient (Wildman–Crippen LogP) is 3.91. The summed E-state index contributed by atoms with van der Waals surface area (Å²) in [4.78, 5) is 12.0. The number of hydrogen-bond acceptors (Lipinski definition) is 1. The summed E-state index contributed by atoms with van der Waals surface area (Å²) in [6.45, 7) is 2.00. The van der Waals surface area contributed by atoms with Crippen LogP contribution >= 0.6 is 11.6 Å². The minimum atomic E-state index is -0.675. The van der Waals surface area contributed by atoms with Crippen molar-refractivity contribution in [3.8, 4) is 0 Å². The van der Waals surface area contributed by atoms with E-state index >= 15 is 0 Å². The zero-order chi connectivity index (χ0) is 13.0. The Morgan fingerprint density at radius 2 is 1.67 bits per heavy atom. The second-order valence-corrected chi connectivity index (χ2v) is 4.56. The van der Waals surface area contributed by atoms with Gasteiger partial charge in [-0.1, -0.05) is 48.0 Å². The van der Waals surface area contributed by atoms with Gasteiger partial charge in [-0.05, 0) is 24.6 Å². The molecule has 2 aromatic rings. The first kappa shape index (κ1) is 12.7. The molecule has 0 aliphatic heterocycles. The molecule has 0 unspecified atom stereocenters. The lowest BCUT2D eigenvalue weighted by Gasteiger charge is -2.11. The topological polar surface area (TPSA) is 29.1 Å². The summed E-state index contributed by atoms with van der Waals surface area (Å²) in [6.07, 6.45) is 0. The SMILES string of the molecule is Cc1ccc([C@H](Cl)C(=O)Nc2ccccc2)cc1. The number of halogens is 1. The van der Waals surface area contributed by atoms with Gasteiger partial charge in [0, 0.05) is 5.69 Å². The summed E-state index contributed by atoms with van der Waals surface area (Å²) in [7, 11) is 0. The minimum Gasteiger partial charge on any atom is -0.325 e. The number of anilines is 1. The Morgan fingerprint density at radius 1 is 1.06 bits per heavy atom. The highest BCUT2D eigenvalue weighted by atomic mass is 35.5. The fourth-order valence-electron chi connectivity index (χ4n) is 1.61. The molecule has 2 aromatic carbocycles. The number of amides is 1. The average molecular weight is 260 g/mol. The highest BCUT2D eigenvalue weighted by Gasteiger charge is 2.17. The Balaban J connectivity index is 2.07. The zero-order valence-electron chi connectivity index (χ0n) is 10.1. The van der Waals surface area contributed by atoms with Crippen molar-refractivity contribution in [2.75, 3.05) is 5.32 Å². The largest absolute Gasteiger partial charge is 0.325 e. The molecule has 0 aliphatic rings. The molecule has 0 spiro atoms. The van der Waals surface area contributed by atoms with E-state index in [1.54, 1.807) is 0 Å². The Hall–Kier alpha value is -1.80. The van der Waals surface area contributed by atoms with Crippen LogP contribution < -0.4 is 5.32 Å². The van der Waals surface area contributed by atoms with Crippen molar-refractivity contribution in [2.24, 2.45) is 0 Å². The van der Waals surface area contributed by atoms with Crippen LogP contribution in [-0.4, -0.2) is 5.91 Å². The van der Waals surface area contributed by atoms with Crippen LogP contribution in [0.4, 0.5) is 5.69 Å². The van der Waals surface area contributed by atoms with Gasteiger partial charge in [0.25, 0.3) is 0 Å². The Bertz CT molecular complexity index is 522. The van der Waals surface area contributed by atoms with Gasteiger partial charge in [0.15, 0.2) is 0 Å². The number of carbonyl (C=O) groups excluding carboxylic acids is 1. The molecular weight excluding hydrogens is 246 g/mol. The third-order valence-electron chi connectivity index (χ3n) is 2.64. The van der Waals surface area contributed by atoms with Crippen molar-refractivity contribution in [3.05, 3.63) is 65.7 Å². The molecule has 0 aliphatic carbocycles.